The topological polar surface area (TPSA) is 37.8 Å². The van der Waals surface area contributed by atoms with Crippen LogP contribution in [0.3, 0.4) is 0 Å². The number of nitrogens with zero attached hydrogens (tertiary/aromatic N) is 2. The fourth-order valence-electron chi connectivity index (χ4n) is 1.63. The van der Waals surface area contributed by atoms with Gasteiger partial charge >= 0.3 is 0 Å². The Labute approximate surface area is 134 Å². The van der Waals surface area contributed by atoms with Crippen molar-refractivity contribution in [1.29, 1.82) is 0 Å². The smallest absolute Gasteiger partial charge is 0.143 e. The maximum absolute atomic E-state index is 4.73. The first-order chi connectivity index (χ1) is 9.10. The maximum atomic E-state index is 4.73. The van der Waals surface area contributed by atoms with Gasteiger partial charge in [0.1, 0.15) is 11.6 Å². The van der Waals surface area contributed by atoms with E-state index in [2.05, 4.69) is 60.6 Å². The van der Waals surface area contributed by atoms with E-state index in [1.54, 1.807) is 0 Å². The molecule has 3 nitrogen and oxygen atoms in total. The van der Waals surface area contributed by atoms with Gasteiger partial charge in [-0.15, -0.1) is 0 Å². The summed E-state index contributed by atoms with van der Waals surface area (Å²) in [4.78, 5) is 9.41. The molecule has 0 bridgehead atoms. The minimum Gasteiger partial charge on any atom is -0.369 e. The zero-order valence-electron chi connectivity index (χ0n) is 12.3. The minimum atomic E-state index is 0.437. The molecule has 0 atom stereocenters. The Bertz CT molecular complexity index is 397. The van der Waals surface area contributed by atoms with Crippen LogP contribution in [0.25, 0.3) is 0 Å². The lowest BCUT2D eigenvalue weighted by atomic mass is 10.1. The highest BCUT2D eigenvalue weighted by Gasteiger charge is 2.14. The predicted molar refractivity (Wildman–Crippen MR) is 94.1 cm³/mol. The highest BCUT2D eigenvalue weighted by atomic mass is 127. The molecular weight excluding hydrogens is 369 g/mol. The highest BCUT2D eigenvalue weighted by Crippen LogP contribution is 2.26. The van der Waals surface area contributed by atoms with E-state index in [0.717, 1.165) is 30.4 Å². The van der Waals surface area contributed by atoms with Gasteiger partial charge in [0.2, 0.25) is 0 Å². The lowest BCUT2D eigenvalue weighted by molar-refractivity contribution is 0.789. The zero-order chi connectivity index (χ0) is 14.3. The van der Waals surface area contributed by atoms with Crippen LogP contribution in [0.1, 0.15) is 58.0 Å². The number of hydrogen-bond donors (Lipinski definition) is 1. The summed E-state index contributed by atoms with van der Waals surface area (Å²) in [5.41, 5.74) is 1.17. The summed E-state index contributed by atoms with van der Waals surface area (Å²) in [5, 5.41) is 3.42. The maximum Gasteiger partial charge on any atom is 0.143 e. The Morgan fingerprint density at radius 2 is 1.95 bits per heavy atom. The molecule has 0 aliphatic rings. The molecule has 1 N–H and O–H groups in total. The number of aromatic nitrogens is 2. The third-order valence-electron chi connectivity index (χ3n) is 2.59. The van der Waals surface area contributed by atoms with Crippen LogP contribution in [0, 0.1) is 3.57 Å². The van der Waals surface area contributed by atoms with Gasteiger partial charge in [-0.1, -0.05) is 27.7 Å². The first-order valence-electron chi connectivity index (χ1n) is 6.98. The van der Waals surface area contributed by atoms with Gasteiger partial charge in [-0.25, -0.2) is 9.97 Å². The van der Waals surface area contributed by atoms with Crippen LogP contribution in [0.5, 0.6) is 0 Å². The Morgan fingerprint density at radius 3 is 2.53 bits per heavy atom. The van der Waals surface area contributed by atoms with Crippen molar-refractivity contribution in [3.8, 4) is 0 Å². The molecule has 5 heteroatoms. The summed E-state index contributed by atoms with van der Waals surface area (Å²) < 4.78 is 1.17. The van der Waals surface area contributed by atoms with Crippen LogP contribution in [0.4, 0.5) is 5.82 Å². The first kappa shape index (κ1) is 17.0. The molecule has 0 fully saturated rings. The van der Waals surface area contributed by atoms with E-state index in [-0.39, 0.29) is 0 Å². The van der Waals surface area contributed by atoms with Crippen LogP contribution in [-0.2, 0) is 5.75 Å². The van der Waals surface area contributed by atoms with Crippen molar-refractivity contribution < 1.29 is 0 Å². The van der Waals surface area contributed by atoms with Gasteiger partial charge < -0.3 is 5.32 Å². The molecule has 1 rings (SSSR count). The van der Waals surface area contributed by atoms with E-state index >= 15 is 0 Å². The summed E-state index contributed by atoms with van der Waals surface area (Å²) >= 11 is 4.27. The van der Waals surface area contributed by atoms with Crippen molar-refractivity contribution in [3.63, 3.8) is 0 Å². The van der Waals surface area contributed by atoms with Crippen molar-refractivity contribution >= 4 is 40.2 Å². The van der Waals surface area contributed by atoms with E-state index in [4.69, 9.17) is 4.98 Å². The molecule has 0 unspecified atom stereocenters. The molecule has 0 aliphatic carbocycles. The first-order valence-corrected chi connectivity index (χ1v) is 9.21. The number of hydrogen-bond acceptors (Lipinski definition) is 4. The molecule has 1 aromatic heterocycles. The standard InChI is InChI=1S/C14H24IN3S/c1-5-7-16-14-12(15)13(10(3)4)17-11(18-14)9-19-8-6-2/h10H,5-9H2,1-4H3,(H,16,17,18). The Morgan fingerprint density at radius 1 is 1.21 bits per heavy atom. The lowest BCUT2D eigenvalue weighted by Gasteiger charge is -2.14. The minimum absolute atomic E-state index is 0.437. The van der Waals surface area contributed by atoms with E-state index in [9.17, 15) is 0 Å². The van der Waals surface area contributed by atoms with Crippen LogP contribution in [0.2, 0.25) is 0 Å². The van der Waals surface area contributed by atoms with Crippen molar-refractivity contribution in [3.05, 3.63) is 15.1 Å². The van der Waals surface area contributed by atoms with Crippen molar-refractivity contribution in [2.24, 2.45) is 0 Å². The van der Waals surface area contributed by atoms with Gasteiger partial charge in [0.05, 0.1) is 15.0 Å². The predicted octanol–water partition coefficient (Wildman–Crippen LogP) is 4.67. The largest absolute Gasteiger partial charge is 0.369 e. The Hall–Kier alpha value is -0.0400. The van der Waals surface area contributed by atoms with E-state index < -0.39 is 0 Å². The molecule has 0 saturated carbocycles. The van der Waals surface area contributed by atoms with Crippen LogP contribution in [-0.4, -0.2) is 22.3 Å². The third-order valence-corrected chi connectivity index (χ3v) is 4.81. The second-order valence-corrected chi connectivity index (χ2v) is 7.01. The Kier molecular flexibility index (Phi) is 8.06. The fourth-order valence-corrected chi connectivity index (χ4v) is 3.43. The average molecular weight is 393 g/mol. The van der Waals surface area contributed by atoms with Crippen LogP contribution < -0.4 is 5.32 Å². The molecular formula is C14H24IN3S. The number of rotatable bonds is 8. The van der Waals surface area contributed by atoms with Gasteiger partial charge in [-0.3, -0.25) is 0 Å². The second-order valence-electron chi connectivity index (χ2n) is 4.82. The molecule has 0 saturated heterocycles. The summed E-state index contributed by atoms with van der Waals surface area (Å²) in [5.74, 6) is 4.48. The molecule has 1 heterocycles. The molecule has 0 radical (unpaired) electrons. The summed E-state index contributed by atoms with van der Waals surface area (Å²) in [6, 6.07) is 0. The van der Waals surface area contributed by atoms with Crippen molar-refractivity contribution in [2.45, 2.75) is 52.2 Å². The molecule has 0 aliphatic heterocycles. The van der Waals surface area contributed by atoms with E-state index in [1.165, 1.54) is 21.4 Å². The molecule has 0 amide bonds. The average Bonchev–Trinajstić information content (AvgIpc) is 2.38. The van der Waals surface area contributed by atoms with Crippen LogP contribution >= 0.6 is 34.4 Å². The Balaban J connectivity index is 2.94. The van der Waals surface area contributed by atoms with E-state index in [1.807, 2.05) is 11.8 Å². The quantitative estimate of drug-likeness (QED) is 0.515. The summed E-state index contributed by atoms with van der Waals surface area (Å²) in [7, 11) is 0. The summed E-state index contributed by atoms with van der Waals surface area (Å²) in [6.07, 6.45) is 2.31. The number of thioether (sulfide) groups is 1. The molecule has 19 heavy (non-hydrogen) atoms. The van der Waals surface area contributed by atoms with Crippen molar-refractivity contribution in [1.82, 2.24) is 9.97 Å². The fraction of sp³-hybridized carbons (Fsp3) is 0.714. The van der Waals surface area contributed by atoms with Gasteiger partial charge in [-0.2, -0.15) is 11.8 Å². The lowest BCUT2D eigenvalue weighted by Crippen LogP contribution is -2.11. The van der Waals surface area contributed by atoms with Gasteiger partial charge in [0.15, 0.2) is 0 Å². The van der Waals surface area contributed by atoms with Gasteiger partial charge in [-0.05, 0) is 47.1 Å². The molecule has 0 spiro atoms. The number of halogens is 1. The zero-order valence-corrected chi connectivity index (χ0v) is 15.3. The second kappa shape index (κ2) is 9.00. The van der Waals surface area contributed by atoms with E-state index in [0.29, 0.717) is 5.92 Å². The number of nitrogens with one attached hydrogen (secondary N) is 1. The normalized spacial score (nSPS) is 11.1. The molecule has 108 valence electrons. The SMILES string of the molecule is CCCNc1nc(CSCCC)nc(C(C)C)c1I. The van der Waals surface area contributed by atoms with Gasteiger partial charge in [0.25, 0.3) is 0 Å². The molecule has 1 aromatic rings. The van der Waals surface area contributed by atoms with Crippen LogP contribution in [0.15, 0.2) is 0 Å². The number of anilines is 1. The van der Waals surface area contributed by atoms with Crippen molar-refractivity contribution in [2.75, 3.05) is 17.6 Å². The summed E-state index contributed by atoms with van der Waals surface area (Å²) in [6.45, 7) is 9.72. The molecule has 0 aromatic carbocycles. The highest BCUT2D eigenvalue weighted by molar-refractivity contribution is 14.1. The monoisotopic (exact) mass is 393 g/mol. The van der Waals surface area contributed by atoms with Gasteiger partial charge in [0, 0.05) is 6.54 Å². The third kappa shape index (κ3) is 5.45.